The molecule has 2 aliphatic rings. The van der Waals surface area contributed by atoms with E-state index in [0.717, 1.165) is 25.7 Å². The molecule has 114 valence electrons. The molecular weight excluding hydrogens is 260 g/mol. The van der Waals surface area contributed by atoms with Crippen LogP contribution < -0.4 is 11.1 Å². The molecule has 1 amide bonds. The molecule has 1 heterocycles. The molecule has 2 unspecified atom stereocenters. The first-order valence-electron chi connectivity index (χ1n) is 7.42. The Balaban J connectivity index is 1.74. The van der Waals surface area contributed by atoms with Gasteiger partial charge >= 0.3 is 5.97 Å². The SMILES string of the molecule is CCOC(=O)C1CCC(NC(=O)C2COCC2N)CC1. The minimum atomic E-state index is -0.238. The number of hydrogen-bond acceptors (Lipinski definition) is 5. The molecule has 1 saturated heterocycles. The highest BCUT2D eigenvalue weighted by Gasteiger charge is 2.34. The van der Waals surface area contributed by atoms with Gasteiger partial charge in [0, 0.05) is 12.1 Å². The van der Waals surface area contributed by atoms with E-state index in [1.807, 2.05) is 6.92 Å². The van der Waals surface area contributed by atoms with Crippen molar-refractivity contribution in [2.24, 2.45) is 17.6 Å². The Morgan fingerprint density at radius 1 is 1.25 bits per heavy atom. The maximum atomic E-state index is 12.1. The van der Waals surface area contributed by atoms with Gasteiger partial charge in [-0.25, -0.2) is 0 Å². The third kappa shape index (κ3) is 3.70. The van der Waals surface area contributed by atoms with Crippen molar-refractivity contribution >= 4 is 11.9 Å². The maximum absolute atomic E-state index is 12.1. The van der Waals surface area contributed by atoms with Crippen molar-refractivity contribution in [2.75, 3.05) is 19.8 Å². The second kappa shape index (κ2) is 7.04. The third-order valence-corrected chi connectivity index (χ3v) is 4.15. The van der Waals surface area contributed by atoms with Crippen LogP contribution in [0.5, 0.6) is 0 Å². The second-order valence-corrected chi connectivity index (χ2v) is 5.62. The number of ether oxygens (including phenoxy) is 2. The maximum Gasteiger partial charge on any atom is 0.308 e. The predicted octanol–water partition coefficient (Wildman–Crippen LogP) is 0.198. The van der Waals surface area contributed by atoms with Gasteiger partial charge < -0.3 is 20.5 Å². The van der Waals surface area contributed by atoms with Crippen LogP contribution in [-0.2, 0) is 19.1 Å². The average molecular weight is 284 g/mol. The fourth-order valence-corrected chi connectivity index (χ4v) is 2.88. The number of rotatable bonds is 4. The van der Waals surface area contributed by atoms with Crippen LogP contribution in [0.3, 0.4) is 0 Å². The molecule has 0 aromatic carbocycles. The summed E-state index contributed by atoms with van der Waals surface area (Å²) >= 11 is 0. The molecule has 0 aromatic rings. The first-order chi connectivity index (χ1) is 9.61. The lowest BCUT2D eigenvalue weighted by Gasteiger charge is -2.28. The largest absolute Gasteiger partial charge is 0.466 e. The molecule has 2 rings (SSSR count). The number of amides is 1. The van der Waals surface area contributed by atoms with Crippen molar-refractivity contribution in [2.45, 2.75) is 44.7 Å². The van der Waals surface area contributed by atoms with Gasteiger partial charge in [0.1, 0.15) is 0 Å². The molecular formula is C14H24N2O4. The third-order valence-electron chi connectivity index (χ3n) is 4.15. The minimum Gasteiger partial charge on any atom is -0.466 e. The standard InChI is InChI=1S/C14H24N2O4/c1-2-20-14(18)9-3-5-10(6-4-9)16-13(17)11-7-19-8-12(11)15/h9-12H,2-8,15H2,1H3,(H,16,17). The smallest absolute Gasteiger partial charge is 0.308 e. The van der Waals surface area contributed by atoms with Gasteiger partial charge in [-0.2, -0.15) is 0 Å². The fourth-order valence-electron chi connectivity index (χ4n) is 2.88. The van der Waals surface area contributed by atoms with E-state index in [-0.39, 0.29) is 35.8 Å². The van der Waals surface area contributed by atoms with Crippen LogP contribution in [0.2, 0.25) is 0 Å². The van der Waals surface area contributed by atoms with Gasteiger partial charge in [0.15, 0.2) is 0 Å². The van der Waals surface area contributed by atoms with Crippen LogP contribution in [0.25, 0.3) is 0 Å². The number of nitrogens with one attached hydrogen (secondary N) is 1. The summed E-state index contributed by atoms with van der Waals surface area (Å²) in [6, 6.07) is -0.0631. The van der Waals surface area contributed by atoms with E-state index in [1.165, 1.54) is 0 Å². The lowest BCUT2D eigenvalue weighted by Crippen LogP contribution is -2.46. The summed E-state index contributed by atoms with van der Waals surface area (Å²) < 4.78 is 10.2. The first kappa shape index (κ1) is 15.3. The summed E-state index contributed by atoms with van der Waals surface area (Å²) in [5.41, 5.74) is 5.83. The van der Waals surface area contributed by atoms with Gasteiger partial charge in [0.2, 0.25) is 5.91 Å². The molecule has 1 aliphatic carbocycles. The van der Waals surface area contributed by atoms with E-state index < -0.39 is 0 Å². The van der Waals surface area contributed by atoms with Crippen molar-refractivity contribution in [3.63, 3.8) is 0 Å². The lowest BCUT2D eigenvalue weighted by molar-refractivity contribution is -0.149. The van der Waals surface area contributed by atoms with Gasteiger partial charge in [0.25, 0.3) is 0 Å². The Hall–Kier alpha value is -1.14. The van der Waals surface area contributed by atoms with Gasteiger partial charge in [-0.3, -0.25) is 9.59 Å². The summed E-state index contributed by atoms with van der Waals surface area (Å²) in [4.78, 5) is 23.7. The highest BCUT2D eigenvalue weighted by Crippen LogP contribution is 2.26. The zero-order valence-electron chi connectivity index (χ0n) is 12.0. The number of esters is 1. The summed E-state index contributed by atoms with van der Waals surface area (Å²) in [6.45, 7) is 3.10. The summed E-state index contributed by atoms with van der Waals surface area (Å²) in [7, 11) is 0. The Kier molecular flexibility index (Phi) is 5.37. The minimum absolute atomic E-state index is 0.0137. The van der Waals surface area contributed by atoms with Gasteiger partial charge in [-0.1, -0.05) is 0 Å². The number of carbonyl (C=O) groups excluding carboxylic acids is 2. The molecule has 0 bridgehead atoms. The van der Waals surface area contributed by atoms with E-state index >= 15 is 0 Å². The zero-order valence-corrected chi connectivity index (χ0v) is 12.0. The molecule has 1 saturated carbocycles. The average Bonchev–Trinajstić information content (AvgIpc) is 2.86. The van der Waals surface area contributed by atoms with Crippen LogP contribution in [-0.4, -0.2) is 43.8 Å². The molecule has 0 spiro atoms. The van der Waals surface area contributed by atoms with Crippen molar-refractivity contribution < 1.29 is 19.1 Å². The second-order valence-electron chi connectivity index (χ2n) is 5.62. The highest BCUT2D eigenvalue weighted by molar-refractivity contribution is 5.80. The van der Waals surface area contributed by atoms with E-state index in [0.29, 0.717) is 19.8 Å². The van der Waals surface area contributed by atoms with Crippen LogP contribution in [0.15, 0.2) is 0 Å². The molecule has 1 aliphatic heterocycles. The molecule has 0 radical (unpaired) electrons. The Morgan fingerprint density at radius 3 is 2.50 bits per heavy atom. The Bertz CT molecular complexity index is 353. The van der Waals surface area contributed by atoms with E-state index in [2.05, 4.69) is 5.32 Å². The lowest BCUT2D eigenvalue weighted by atomic mass is 9.85. The van der Waals surface area contributed by atoms with Crippen molar-refractivity contribution in [1.82, 2.24) is 5.32 Å². The molecule has 2 fully saturated rings. The van der Waals surface area contributed by atoms with Crippen LogP contribution >= 0.6 is 0 Å². The van der Waals surface area contributed by atoms with Crippen molar-refractivity contribution in [1.29, 1.82) is 0 Å². The van der Waals surface area contributed by atoms with Crippen LogP contribution in [0.4, 0.5) is 0 Å². The number of carbonyl (C=O) groups is 2. The van der Waals surface area contributed by atoms with Crippen molar-refractivity contribution in [3.8, 4) is 0 Å². The number of nitrogens with two attached hydrogens (primary N) is 1. The summed E-state index contributed by atoms with van der Waals surface area (Å²) in [5.74, 6) is -0.379. The Labute approximate surface area is 119 Å². The molecule has 6 nitrogen and oxygen atoms in total. The summed E-state index contributed by atoms with van der Waals surface area (Å²) in [5, 5.41) is 3.03. The van der Waals surface area contributed by atoms with E-state index in [9.17, 15) is 9.59 Å². The zero-order chi connectivity index (χ0) is 14.5. The van der Waals surface area contributed by atoms with E-state index in [1.54, 1.807) is 0 Å². The number of hydrogen-bond donors (Lipinski definition) is 2. The molecule has 20 heavy (non-hydrogen) atoms. The van der Waals surface area contributed by atoms with Gasteiger partial charge in [-0.15, -0.1) is 0 Å². The predicted molar refractivity (Wildman–Crippen MR) is 72.8 cm³/mol. The van der Waals surface area contributed by atoms with E-state index in [4.69, 9.17) is 15.2 Å². The van der Waals surface area contributed by atoms with Gasteiger partial charge in [0.05, 0.1) is 31.7 Å². The molecule has 6 heteroatoms. The normalized spacial score (nSPS) is 33.7. The monoisotopic (exact) mass is 284 g/mol. The first-order valence-corrected chi connectivity index (χ1v) is 7.42. The molecule has 0 aromatic heterocycles. The van der Waals surface area contributed by atoms with Crippen molar-refractivity contribution in [3.05, 3.63) is 0 Å². The summed E-state index contributed by atoms with van der Waals surface area (Å²) in [6.07, 6.45) is 3.18. The Morgan fingerprint density at radius 2 is 1.95 bits per heavy atom. The van der Waals surface area contributed by atoms with Crippen LogP contribution in [0.1, 0.15) is 32.6 Å². The fraction of sp³-hybridized carbons (Fsp3) is 0.857. The highest BCUT2D eigenvalue weighted by atomic mass is 16.5. The van der Waals surface area contributed by atoms with Crippen LogP contribution in [0, 0.1) is 11.8 Å². The molecule has 2 atom stereocenters. The van der Waals surface area contributed by atoms with Gasteiger partial charge in [-0.05, 0) is 32.6 Å². The quantitative estimate of drug-likeness (QED) is 0.720. The molecule has 3 N–H and O–H groups in total. The topological polar surface area (TPSA) is 90.6 Å².